The van der Waals surface area contributed by atoms with Crippen molar-refractivity contribution >= 4 is 32.9 Å². The molecule has 0 aliphatic rings. The average Bonchev–Trinajstić information content (AvgIpc) is 3.34. The molecule has 0 unspecified atom stereocenters. The maximum absolute atomic E-state index is 12.9. The molecule has 0 saturated carbocycles. The third-order valence-corrected chi connectivity index (χ3v) is 8.13. The summed E-state index contributed by atoms with van der Waals surface area (Å²) < 4.78 is 28.9. The molecule has 2 aromatic heterocycles. The van der Waals surface area contributed by atoms with Gasteiger partial charge >= 0.3 is 0 Å². The predicted octanol–water partition coefficient (Wildman–Crippen LogP) is 4.12. The van der Waals surface area contributed by atoms with Crippen molar-refractivity contribution in [3.05, 3.63) is 75.2 Å². The zero-order valence-electron chi connectivity index (χ0n) is 18.1. The fraction of sp³-hybridized carbons (Fsp3) is 0.304. The van der Waals surface area contributed by atoms with E-state index < -0.39 is 10.0 Å². The van der Waals surface area contributed by atoms with Gasteiger partial charge in [-0.15, -0.1) is 11.3 Å². The van der Waals surface area contributed by atoms with Gasteiger partial charge in [-0.25, -0.2) is 8.42 Å². The first kappa shape index (κ1) is 23.1. The number of thiophene rings is 1. The van der Waals surface area contributed by atoms with E-state index in [1.807, 2.05) is 31.4 Å². The van der Waals surface area contributed by atoms with Crippen molar-refractivity contribution in [2.75, 3.05) is 13.6 Å². The monoisotopic (exact) mass is 458 g/mol. The van der Waals surface area contributed by atoms with Crippen molar-refractivity contribution in [3.63, 3.8) is 0 Å². The molecule has 164 valence electrons. The molecule has 0 amide bonds. The lowest BCUT2D eigenvalue weighted by molar-refractivity contribution is 0.0971. The van der Waals surface area contributed by atoms with E-state index in [2.05, 4.69) is 10.6 Å². The topological polar surface area (TPSA) is 76.5 Å². The Balaban J connectivity index is 1.74. The van der Waals surface area contributed by atoms with Gasteiger partial charge in [0.15, 0.2) is 11.6 Å². The molecule has 0 aliphatic heterocycles. The lowest BCUT2D eigenvalue weighted by Crippen LogP contribution is -2.32. The number of Topliss-reactive ketones (excluding diaryl/α,β-unsaturated/α-hetero) is 2. The first-order valence-electron chi connectivity index (χ1n) is 9.91. The molecule has 6 nitrogen and oxygen atoms in total. The highest BCUT2D eigenvalue weighted by Gasteiger charge is 2.25. The Labute approximate surface area is 187 Å². The van der Waals surface area contributed by atoms with Gasteiger partial charge in [0.05, 0.1) is 11.4 Å². The number of rotatable bonds is 9. The number of likely N-dealkylation sites (N-methyl/N-ethyl adjacent to an activating group) is 1. The number of sulfonamides is 1. The maximum Gasteiger partial charge on any atom is 0.243 e. The molecule has 31 heavy (non-hydrogen) atoms. The van der Waals surface area contributed by atoms with E-state index in [0.717, 1.165) is 28.7 Å². The van der Waals surface area contributed by atoms with Gasteiger partial charge in [-0.1, -0.05) is 18.2 Å². The van der Waals surface area contributed by atoms with Gasteiger partial charge in [0.1, 0.15) is 0 Å². The van der Waals surface area contributed by atoms with Crippen molar-refractivity contribution in [2.45, 2.75) is 38.6 Å². The van der Waals surface area contributed by atoms with E-state index in [0.29, 0.717) is 11.1 Å². The second kappa shape index (κ2) is 9.30. The van der Waals surface area contributed by atoms with Gasteiger partial charge < -0.3 is 4.57 Å². The van der Waals surface area contributed by atoms with Crippen LogP contribution < -0.4 is 0 Å². The van der Waals surface area contributed by atoms with Crippen LogP contribution in [0.15, 0.2) is 52.7 Å². The summed E-state index contributed by atoms with van der Waals surface area (Å²) in [5.41, 5.74) is 2.80. The van der Waals surface area contributed by atoms with Crippen LogP contribution in [0.25, 0.3) is 0 Å². The van der Waals surface area contributed by atoms with Gasteiger partial charge in [-0.2, -0.15) is 4.31 Å². The molecule has 8 heteroatoms. The zero-order chi connectivity index (χ0) is 22.8. The molecule has 0 bridgehead atoms. The number of hydrogen-bond donors (Lipinski definition) is 0. The van der Waals surface area contributed by atoms with Gasteiger partial charge in [-0.3, -0.25) is 9.59 Å². The summed E-state index contributed by atoms with van der Waals surface area (Å²) in [5.74, 6) is -0.385. The van der Waals surface area contributed by atoms with Crippen LogP contribution in [0.4, 0.5) is 0 Å². The van der Waals surface area contributed by atoms with E-state index in [1.165, 1.54) is 43.1 Å². The van der Waals surface area contributed by atoms with Crippen molar-refractivity contribution in [1.82, 2.24) is 8.87 Å². The maximum atomic E-state index is 12.9. The number of carbonyl (C=O) groups excluding carboxylic acids is 2. The first-order valence-corrected chi connectivity index (χ1v) is 12.2. The van der Waals surface area contributed by atoms with Crippen LogP contribution in [-0.4, -0.2) is 42.4 Å². The Morgan fingerprint density at radius 3 is 2.35 bits per heavy atom. The number of ketones is 2. The quantitative estimate of drug-likeness (QED) is 0.452. The van der Waals surface area contributed by atoms with Crippen LogP contribution in [0.5, 0.6) is 0 Å². The minimum absolute atomic E-state index is 0.0502. The summed E-state index contributed by atoms with van der Waals surface area (Å²) in [6.07, 6.45) is 0.881. The summed E-state index contributed by atoms with van der Waals surface area (Å²) in [4.78, 5) is 25.7. The third kappa shape index (κ3) is 5.03. The number of hydrogen-bond acceptors (Lipinski definition) is 5. The Hall–Kier alpha value is -2.55. The van der Waals surface area contributed by atoms with E-state index in [-0.39, 0.29) is 23.0 Å². The van der Waals surface area contributed by atoms with E-state index in [1.54, 1.807) is 11.3 Å². The highest BCUT2D eigenvalue weighted by atomic mass is 32.2. The van der Waals surface area contributed by atoms with E-state index >= 15 is 0 Å². The van der Waals surface area contributed by atoms with Crippen LogP contribution in [0.2, 0.25) is 0 Å². The Kier molecular flexibility index (Phi) is 6.93. The molecule has 0 spiro atoms. The van der Waals surface area contributed by atoms with Crippen molar-refractivity contribution in [2.24, 2.45) is 0 Å². The summed E-state index contributed by atoms with van der Waals surface area (Å²) in [7, 11) is -2.45. The number of aromatic nitrogens is 1. The molecule has 3 rings (SSSR count). The molecule has 0 fully saturated rings. The Morgan fingerprint density at radius 1 is 1.10 bits per heavy atom. The standard InChI is InChI=1S/C23H26N2O4S2/c1-16-14-22(17(2)25(16)12-11-20-6-5-13-30-20)23(27)15-24(4)31(28,29)21-9-7-19(8-10-21)18(3)26/h5-10,13-14H,11-12,15H2,1-4H3. The van der Waals surface area contributed by atoms with Crippen molar-refractivity contribution in [1.29, 1.82) is 0 Å². The molecule has 1 aromatic carbocycles. The van der Waals surface area contributed by atoms with E-state index in [4.69, 9.17) is 0 Å². The third-order valence-electron chi connectivity index (χ3n) is 5.37. The minimum atomic E-state index is -3.84. The molecule has 0 saturated heterocycles. The van der Waals surface area contributed by atoms with Gasteiger partial charge in [0.25, 0.3) is 0 Å². The lowest BCUT2D eigenvalue weighted by atomic mass is 10.1. The highest BCUT2D eigenvalue weighted by Crippen LogP contribution is 2.20. The molecule has 0 aliphatic carbocycles. The largest absolute Gasteiger partial charge is 0.348 e. The summed E-state index contributed by atoms with van der Waals surface area (Å²) >= 11 is 1.71. The highest BCUT2D eigenvalue weighted by molar-refractivity contribution is 7.89. The molecule has 0 radical (unpaired) electrons. The number of nitrogens with zero attached hydrogens (tertiary/aromatic N) is 2. The zero-order valence-corrected chi connectivity index (χ0v) is 19.7. The Bertz CT molecular complexity index is 1190. The van der Waals surface area contributed by atoms with Crippen LogP contribution in [-0.2, 0) is 23.0 Å². The lowest BCUT2D eigenvalue weighted by Gasteiger charge is -2.17. The van der Waals surface area contributed by atoms with Crippen LogP contribution in [0.3, 0.4) is 0 Å². The molecule has 2 heterocycles. The van der Waals surface area contributed by atoms with Crippen molar-refractivity contribution in [3.8, 4) is 0 Å². The molecule has 0 N–H and O–H groups in total. The van der Waals surface area contributed by atoms with Crippen LogP contribution in [0.1, 0.15) is 43.9 Å². The fourth-order valence-electron chi connectivity index (χ4n) is 3.52. The second-order valence-corrected chi connectivity index (χ2v) is 10.6. The normalized spacial score (nSPS) is 11.8. The smallest absolute Gasteiger partial charge is 0.243 e. The summed E-state index contributed by atoms with van der Waals surface area (Å²) in [6, 6.07) is 11.7. The van der Waals surface area contributed by atoms with Crippen molar-refractivity contribution < 1.29 is 18.0 Å². The molecular formula is C23H26N2O4S2. The second-order valence-electron chi connectivity index (χ2n) is 7.53. The summed E-state index contributed by atoms with van der Waals surface area (Å²) in [6.45, 7) is 5.78. The Morgan fingerprint density at radius 2 is 1.77 bits per heavy atom. The molecular weight excluding hydrogens is 432 g/mol. The average molecular weight is 459 g/mol. The number of carbonyl (C=O) groups is 2. The van der Waals surface area contributed by atoms with Gasteiger partial charge in [0, 0.05) is 41.0 Å². The predicted molar refractivity (Wildman–Crippen MR) is 123 cm³/mol. The minimum Gasteiger partial charge on any atom is -0.348 e. The van der Waals surface area contributed by atoms with Gasteiger partial charge in [-0.05, 0) is 56.8 Å². The fourth-order valence-corrected chi connectivity index (χ4v) is 5.34. The van der Waals surface area contributed by atoms with Crippen LogP contribution in [0, 0.1) is 13.8 Å². The summed E-state index contributed by atoms with van der Waals surface area (Å²) in [5, 5.41) is 2.05. The number of benzene rings is 1. The molecule has 0 atom stereocenters. The van der Waals surface area contributed by atoms with Gasteiger partial charge in [0.2, 0.25) is 10.0 Å². The first-order chi connectivity index (χ1) is 14.6. The van der Waals surface area contributed by atoms with Crippen LogP contribution >= 0.6 is 11.3 Å². The SMILES string of the molecule is CC(=O)c1ccc(S(=O)(=O)N(C)CC(=O)c2cc(C)n(CCc3cccs3)c2C)cc1. The number of aryl methyl sites for hydroxylation is 2. The molecule has 3 aromatic rings. The van der Waals surface area contributed by atoms with E-state index in [9.17, 15) is 18.0 Å².